The molecule has 0 saturated heterocycles. The highest BCUT2D eigenvalue weighted by Gasteiger charge is 2.28. The first kappa shape index (κ1) is 11.4. The van der Waals surface area contributed by atoms with Gasteiger partial charge >= 0.3 is 0 Å². The average Bonchev–Trinajstić information content (AvgIpc) is 3.17. The molecule has 6 heteroatoms. The average molecular weight is 262 g/mol. The van der Waals surface area contributed by atoms with E-state index in [9.17, 15) is 0 Å². The number of pyridine rings is 1. The standard InChI is InChI=1S/C12H14N4OS/c1-17-10-5-2-8(6-13-10)7-16-11(9-3-4-9)14-15-12(16)18/h2,5-6,9H,3-4,7H2,1H3,(H,15,18). The number of nitrogens with zero attached hydrogens (tertiary/aromatic N) is 3. The largest absolute Gasteiger partial charge is 0.481 e. The second kappa shape index (κ2) is 4.53. The summed E-state index contributed by atoms with van der Waals surface area (Å²) >= 11 is 5.27. The van der Waals surface area contributed by atoms with Crippen molar-refractivity contribution in [1.29, 1.82) is 0 Å². The third-order valence-corrected chi connectivity index (χ3v) is 3.39. The number of ether oxygens (including phenoxy) is 1. The molecule has 0 unspecified atom stereocenters. The fourth-order valence-electron chi connectivity index (χ4n) is 1.94. The minimum absolute atomic E-state index is 0.573. The zero-order chi connectivity index (χ0) is 12.5. The zero-order valence-electron chi connectivity index (χ0n) is 10.1. The molecule has 1 fully saturated rings. The molecule has 2 aromatic rings. The van der Waals surface area contributed by atoms with E-state index >= 15 is 0 Å². The molecule has 2 aromatic heterocycles. The Bertz CT molecular complexity index is 597. The molecule has 0 atom stereocenters. The van der Waals surface area contributed by atoms with Gasteiger partial charge in [0, 0.05) is 18.2 Å². The van der Waals surface area contributed by atoms with Crippen LogP contribution in [0.25, 0.3) is 0 Å². The summed E-state index contributed by atoms with van der Waals surface area (Å²) in [5, 5.41) is 7.18. The van der Waals surface area contributed by atoms with E-state index in [1.165, 1.54) is 12.8 Å². The second-order valence-electron chi connectivity index (χ2n) is 4.46. The predicted octanol–water partition coefficient (Wildman–Crippen LogP) is 2.27. The van der Waals surface area contributed by atoms with E-state index in [1.807, 2.05) is 18.3 Å². The Labute approximate surface area is 110 Å². The third kappa shape index (κ3) is 2.15. The van der Waals surface area contributed by atoms with Gasteiger partial charge in [-0.05, 0) is 30.6 Å². The monoisotopic (exact) mass is 262 g/mol. The first-order valence-electron chi connectivity index (χ1n) is 5.92. The Morgan fingerprint density at radius 1 is 1.50 bits per heavy atom. The number of aromatic amines is 1. The highest BCUT2D eigenvalue weighted by Crippen LogP contribution is 2.38. The molecule has 94 valence electrons. The maximum Gasteiger partial charge on any atom is 0.212 e. The van der Waals surface area contributed by atoms with Crippen molar-refractivity contribution in [3.05, 3.63) is 34.5 Å². The van der Waals surface area contributed by atoms with Crippen molar-refractivity contribution in [3.8, 4) is 5.88 Å². The summed E-state index contributed by atoms with van der Waals surface area (Å²) in [5.74, 6) is 2.26. The molecule has 18 heavy (non-hydrogen) atoms. The molecular weight excluding hydrogens is 248 g/mol. The quantitative estimate of drug-likeness (QED) is 0.859. The molecule has 3 rings (SSSR count). The lowest BCUT2D eigenvalue weighted by Crippen LogP contribution is -2.05. The van der Waals surface area contributed by atoms with E-state index in [0.29, 0.717) is 23.1 Å². The molecule has 2 heterocycles. The Balaban J connectivity index is 1.86. The number of rotatable bonds is 4. The van der Waals surface area contributed by atoms with Gasteiger partial charge in [-0.1, -0.05) is 6.07 Å². The van der Waals surface area contributed by atoms with Crippen LogP contribution in [0, 0.1) is 4.77 Å². The van der Waals surface area contributed by atoms with Crippen LogP contribution in [-0.2, 0) is 6.54 Å². The normalized spacial score (nSPS) is 14.7. The molecule has 1 saturated carbocycles. The van der Waals surface area contributed by atoms with Crippen LogP contribution in [0.1, 0.15) is 30.1 Å². The van der Waals surface area contributed by atoms with Gasteiger partial charge in [-0.2, -0.15) is 5.10 Å². The summed E-state index contributed by atoms with van der Waals surface area (Å²) in [6.07, 6.45) is 4.23. The number of hydrogen-bond acceptors (Lipinski definition) is 4. The van der Waals surface area contributed by atoms with Gasteiger partial charge in [0.05, 0.1) is 13.7 Å². The number of aromatic nitrogens is 4. The highest BCUT2D eigenvalue weighted by molar-refractivity contribution is 7.71. The molecule has 0 radical (unpaired) electrons. The second-order valence-corrected chi connectivity index (χ2v) is 4.84. The number of hydrogen-bond donors (Lipinski definition) is 1. The topological polar surface area (TPSA) is 55.7 Å². The Morgan fingerprint density at radius 3 is 2.94 bits per heavy atom. The van der Waals surface area contributed by atoms with Crippen LogP contribution < -0.4 is 4.74 Å². The van der Waals surface area contributed by atoms with Crippen LogP contribution in [0.5, 0.6) is 5.88 Å². The lowest BCUT2D eigenvalue weighted by atomic mass is 10.2. The maximum absolute atomic E-state index is 5.27. The third-order valence-electron chi connectivity index (χ3n) is 3.08. The first-order valence-corrected chi connectivity index (χ1v) is 6.33. The number of nitrogens with one attached hydrogen (secondary N) is 1. The summed E-state index contributed by atoms with van der Waals surface area (Å²) in [5.41, 5.74) is 1.09. The van der Waals surface area contributed by atoms with Gasteiger partial charge in [0.15, 0.2) is 4.77 Å². The van der Waals surface area contributed by atoms with E-state index in [4.69, 9.17) is 17.0 Å². The van der Waals surface area contributed by atoms with E-state index in [0.717, 1.165) is 11.4 Å². The van der Waals surface area contributed by atoms with Crippen molar-refractivity contribution in [2.45, 2.75) is 25.3 Å². The Kier molecular flexibility index (Phi) is 2.87. The SMILES string of the molecule is COc1ccc(Cn2c(C3CC3)n[nH]c2=S)cn1. The molecule has 1 aliphatic rings. The fraction of sp³-hybridized carbons (Fsp3) is 0.417. The maximum atomic E-state index is 5.27. The smallest absolute Gasteiger partial charge is 0.212 e. The summed E-state index contributed by atoms with van der Waals surface area (Å²) in [6, 6.07) is 3.85. The number of H-pyrrole nitrogens is 1. The lowest BCUT2D eigenvalue weighted by molar-refractivity contribution is 0.397. The van der Waals surface area contributed by atoms with Crippen LogP contribution in [0.2, 0.25) is 0 Å². The van der Waals surface area contributed by atoms with Gasteiger partial charge in [0.2, 0.25) is 5.88 Å². The molecular formula is C12H14N4OS. The summed E-state index contributed by atoms with van der Waals surface area (Å²) in [4.78, 5) is 4.20. The predicted molar refractivity (Wildman–Crippen MR) is 69.3 cm³/mol. The molecule has 0 bridgehead atoms. The Hall–Kier alpha value is -1.69. The first-order chi connectivity index (χ1) is 8.78. The van der Waals surface area contributed by atoms with E-state index in [2.05, 4.69) is 19.7 Å². The molecule has 1 aliphatic carbocycles. The van der Waals surface area contributed by atoms with Gasteiger partial charge in [0.25, 0.3) is 0 Å². The minimum Gasteiger partial charge on any atom is -0.481 e. The van der Waals surface area contributed by atoms with Gasteiger partial charge < -0.3 is 4.74 Å². The van der Waals surface area contributed by atoms with Crippen molar-refractivity contribution < 1.29 is 4.74 Å². The van der Waals surface area contributed by atoms with E-state index < -0.39 is 0 Å². The zero-order valence-corrected chi connectivity index (χ0v) is 10.9. The molecule has 5 nitrogen and oxygen atoms in total. The van der Waals surface area contributed by atoms with Crippen LogP contribution in [0.3, 0.4) is 0 Å². The van der Waals surface area contributed by atoms with Crippen molar-refractivity contribution >= 4 is 12.2 Å². The van der Waals surface area contributed by atoms with Crippen molar-refractivity contribution in [2.24, 2.45) is 0 Å². The molecule has 0 aliphatic heterocycles. The lowest BCUT2D eigenvalue weighted by Gasteiger charge is -2.06. The van der Waals surface area contributed by atoms with Crippen LogP contribution in [0.4, 0.5) is 0 Å². The van der Waals surface area contributed by atoms with Crippen LogP contribution >= 0.6 is 12.2 Å². The fourth-order valence-corrected chi connectivity index (χ4v) is 2.15. The number of methoxy groups -OCH3 is 1. The molecule has 0 aromatic carbocycles. The Morgan fingerprint density at radius 2 is 2.33 bits per heavy atom. The van der Waals surface area contributed by atoms with Gasteiger partial charge in [-0.25, -0.2) is 4.98 Å². The summed E-state index contributed by atoms with van der Waals surface area (Å²) in [7, 11) is 1.61. The van der Waals surface area contributed by atoms with Crippen molar-refractivity contribution in [2.75, 3.05) is 7.11 Å². The van der Waals surface area contributed by atoms with Crippen molar-refractivity contribution in [3.63, 3.8) is 0 Å². The van der Waals surface area contributed by atoms with Gasteiger partial charge in [0.1, 0.15) is 5.82 Å². The summed E-state index contributed by atoms with van der Waals surface area (Å²) < 4.78 is 7.77. The van der Waals surface area contributed by atoms with E-state index in [1.54, 1.807) is 7.11 Å². The molecule has 0 amide bonds. The summed E-state index contributed by atoms with van der Waals surface area (Å²) in [6.45, 7) is 0.707. The minimum atomic E-state index is 0.573. The highest BCUT2D eigenvalue weighted by atomic mass is 32.1. The van der Waals surface area contributed by atoms with Gasteiger partial charge in [-0.15, -0.1) is 0 Å². The molecule has 1 N–H and O–H groups in total. The van der Waals surface area contributed by atoms with Crippen LogP contribution in [0.15, 0.2) is 18.3 Å². The van der Waals surface area contributed by atoms with Gasteiger partial charge in [-0.3, -0.25) is 9.67 Å². The molecule has 0 spiro atoms. The van der Waals surface area contributed by atoms with E-state index in [-0.39, 0.29) is 0 Å². The van der Waals surface area contributed by atoms with Crippen molar-refractivity contribution in [1.82, 2.24) is 19.7 Å². The van der Waals surface area contributed by atoms with Crippen LogP contribution in [-0.4, -0.2) is 26.9 Å².